The highest BCUT2D eigenvalue weighted by Gasteiger charge is 2.09. The summed E-state index contributed by atoms with van der Waals surface area (Å²) in [5, 5.41) is 8.51. The van der Waals surface area contributed by atoms with E-state index in [4.69, 9.17) is 28.8 Å². The molecule has 8 heteroatoms. The number of aryl methyl sites for hydroxylation is 1. The minimum Gasteiger partial charge on any atom is -0.423 e. The summed E-state index contributed by atoms with van der Waals surface area (Å²) in [5.74, 6) is -1.19. The smallest absolute Gasteiger partial charge is 0.313 e. The Labute approximate surface area is 166 Å². The van der Waals surface area contributed by atoms with Crippen LogP contribution in [0, 0.1) is 12.7 Å². The molecule has 1 aromatic carbocycles. The first kappa shape index (κ1) is 26.4. The molecule has 0 saturated carbocycles. The highest BCUT2D eigenvalue weighted by molar-refractivity contribution is 5.72. The lowest BCUT2D eigenvalue weighted by atomic mass is 10.2. The molecule has 0 radical (unpaired) electrons. The van der Waals surface area contributed by atoms with Crippen molar-refractivity contribution in [2.75, 3.05) is 59.5 Å². The van der Waals surface area contributed by atoms with E-state index in [-0.39, 0.29) is 25.4 Å². The number of aliphatic hydroxyl groups is 1. The van der Waals surface area contributed by atoms with Crippen LogP contribution in [-0.4, -0.2) is 70.5 Å². The Morgan fingerprint density at radius 1 is 0.893 bits per heavy atom. The number of carbonyl (C=O) groups is 1. The standard InChI is InChI=1S/C18H27FO7.C2H6/c1-15-2-3-17(16(19)14-15)26-18(21)4-6-22-8-10-24-12-13-25-11-9-23-7-5-20;1-2/h2-3,14,20H,4-13H2,1H3;1-2H3. The number of halogens is 1. The molecule has 0 saturated heterocycles. The molecule has 28 heavy (non-hydrogen) atoms. The molecule has 0 unspecified atom stereocenters. The number of hydrogen-bond acceptors (Lipinski definition) is 7. The molecule has 0 aromatic heterocycles. The van der Waals surface area contributed by atoms with Crippen molar-refractivity contribution >= 4 is 5.97 Å². The summed E-state index contributed by atoms with van der Waals surface area (Å²) in [5.41, 5.74) is 0.756. The van der Waals surface area contributed by atoms with Crippen LogP contribution >= 0.6 is 0 Å². The first-order chi connectivity index (χ1) is 13.6. The molecular weight excluding hydrogens is 371 g/mol. The number of aliphatic hydroxyl groups excluding tert-OH is 1. The van der Waals surface area contributed by atoms with Crippen molar-refractivity contribution in [1.82, 2.24) is 0 Å². The molecule has 1 N–H and O–H groups in total. The van der Waals surface area contributed by atoms with Crippen LogP contribution in [0.4, 0.5) is 4.39 Å². The number of rotatable bonds is 15. The van der Waals surface area contributed by atoms with Crippen LogP contribution in [0.1, 0.15) is 25.8 Å². The maximum atomic E-state index is 13.6. The lowest BCUT2D eigenvalue weighted by Gasteiger charge is -2.08. The lowest BCUT2D eigenvalue weighted by Crippen LogP contribution is -2.15. The van der Waals surface area contributed by atoms with Gasteiger partial charge in [-0.1, -0.05) is 19.9 Å². The highest BCUT2D eigenvalue weighted by Crippen LogP contribution is 2.18. The van der Waals surface area contributed by atoms with E-state index in [2.05, 4.69) is 0 Å². The third kappa shape index (κ3) is 14.5. The van der Waals surface area contributed by atoms with E-state index in [0.717, 1.165) is 5.56 Å². The van der Waals surface area contributed by atoms with Crippen molar-refractivity contribution < 1.29 is 38.0 Å². The van der Waals surface area contributed by atoms with Crippen molar-refractivity contribution in [1.29, 1.82) is 0 Å². The Balaban J connectivity index is 0.00000352. The fourth-order valence-electron chi connectivity index (χ4n) is 1.84. The van der Waals surface area contributed by atoms with Gasteiger partial charge < -0.3 is 28.8 Å². The summed E-state index contributed by atoms with van der Waals surface area (Å²) in [6, 6.07) is 4.41. The van der Waals surface area contributed by atoms with E-state index in [9.17, 15) is 9.18 Å². The van der Waals surface area contributed by atoms with E-state index in [1.807, 2.05) is 13.8 Å². The molecule has 0 fully saturated rings. The van der Waals surface area contributed by atoms with Crippen molar-refractivity contribution in [3.8, 4) is 5.75 Å². The summed E-state index contributed by atoms with van der Waals surface area (Å²) >= 11 is 0. The molecule has 162 valence electrons. The molecule has 0 aliphatic heterocycles. The fourth-order valence-corrected chi connectivity index (χ4v) is 1.84. The van der Waals surface area contributed by atoms with Gasteiger partial charge in [0.2, 0.25) is 0 Å². The monoisotopic (exact) mass is 404 g/mol. The molecule has 0 atom stereocenters. The second kappa shape index (κ2) is 18.8. The maximum Gasteiger partial charge on any atom is 0.313 e. The minimum absolute atomic E-state index is 0.00364. The molecule has 1 aromatic rings. The lowest BCUT2D eigenvalue weighted by molar-refractivity contribution is -0.135. The Bertz CT molecular complexity index is 511. The number of benzene rings is 1. The number of hydrogen-bond donors (Lipinski definition) is 1. The van der Waals surface area contributed by atoms with E-state index >= 15 is 0 Å². The summed E-state index contributed by atoms with van der Waals surface area (Å²) < 4.78 is 39.3. The van der Waals surface area contributed by atoms with E-state index < -0.39 is 11.8 Å². The predicted molar refractivity (Wildman–Crippen MR) is 103 cm³/mol. The maximum absolute atomic E-state index is 13.6. The summed E-state index contributed by atoms with van der Waals surface area (Å²) in [7, 11) is 0. The molecule has 0 aliphatic rings. The van der Waals surface area contributed by atoms with Crippen LogP contribution in [0.15, 0.2) is 18.2 Å². The van der Waals surface area contributed by atoms with Gasteiger partial charge in [-0.3, -0.25) is 4.79 Å². The van der Waals surface area contributed by atoms with E-state index in [0.29, 0.717) is 46.2 Å². The zero-order valence-electron chi connectivity index (χ0n) is 17.1. The fraction of sp³-hybridized carbons (Fsp3) is 0.650. The van der Waals surface area contributed by atoms with Crippen molar-refractivity contribution in [2.45, 2.75) is 27.2 Å². The van der Waals surface area contributed by atoms with Crippen LogP contribution in [0.2, 0.25) is 0 Å². The quantitative estimate of drug-likeness (QED) is 0.273. The van der Waals surface area contributed by atoms with Gasteiger partial charge in [0.15, 0.2) is 11.6 Å². The van der Waals surface area contributed by atoms with Gasteiger partial charge in [-0.15, -0.1) is 0 Å². The third-order valence-corrected chi connectivity index (χ3v) is 3.11. The van der Waals surface area contributed by atoms with Gasteiger partial charge in [0.1, 0.15) is 0 Å². The van der Waals surface area contributed by atoms with Gasteiger partial charge >= 0.3 is 5.97 Å². The largest absolute Gasteiger partial charge is 0.423 e. The first-order valence-corrected chi connectivity index (χ1v) is 9.52. The van der Waals surface area contributed by atoms with Crippen molar-refractivity contribution in [3.05, 3.63) is 29.6 Å². The van der Waals surface area contributed by atoms with E-state index in [1.165, 1.54) is 12.1 Å². The SMILES string of the molecule is CC.Cc1ccc(OC(=O)CCOCCOCCOCCOCCO)c(F)c1. The van der Waals surface area contributed by atoms with Gasteiger partial charge in [0.05, 0.1) is 65.9 Å². The average Bonchev–Trinajstić information content (AvgIpc) is 2.69. The average molecular weight is 404 g/mol. The van der Waals surface area contributed by atoms with Gasteiger partial charge in [0.25, 0.3) is 0 Å². The summed E-state index contributed by atoms with van der Waals surface area (Å²) in [4.78, 5) is 11.6. The topological polar surface area (TPSA) is 83.5 Å². The van der Waals surface area contributed by atoms with Crippen LogP contribution in [-0.2, 0) is 23.7 Å². The van der Waals surface area contributed by atoms with Crippen molar-refractivity contribution in [2.24, 2.45) is 0 Å². The normalized spacial score (nSPS) is 10.3. The molecule has 1 rings (SSSR count). The number of carbonyl (C=O) groups excluding carboxylic acids is 1. The second-order valence-electron chi connectivity index (χ2n) is 5.33. The van der Waals surface area contributed by atoms with Gasteiger partial charge in [-0.2, -0.15) is 0 Å². The molecule has 0 amide bonds. The zero-order chi connectivity index (χ0) is 21.0. The Kier molecular flexibility index (Phi) is 17.7. The zero-order valence-corrected chi connectivity index (χ0v) is 17.1. The van der Waals surface area contributed by atoms with Gasteiger partial charge in [-0.25, -0.2) is 4.39 Å². The Morgan fingerprint density at radius 2 is 1.39 bits per heavy atom. The van der Waals surface area contributed by atoms with Crippen LogP contribution in [0.3, 0.4) is 0 Å². The highest BCUT2D eigenvalue weighted by atomic mass is 19.1. The van der Waals surface area contributed by atoms with Crippen LogP contribution in [0.5, 0.6) is 5.75 Å². The minimum atomic E-state index is -0.560. The summed E-state index contributed by atoms with van der Waals surface area (Å²) in [6.07, 6.45) is 0.0320. The molecular formula is C20H33FO7. The molecule has 0 spiro atoms. The molecule has 0 heterocycles. The summed E-state index contributed by atoms with van der Waals surface area (Å²) in [6.45, 7) is 8.72. The van der Waals surface area contributed by atoms with Crippen molar-refractivity contribution in [3.63, 3.8) is 0 Å². The first-order valence-electron chi connectivity index (χ1n) is 9.52. The third-order valence-electron chi connectivity index (χ3n) is 3.11. The van der Waals surface area contributed by atoms with Crippen LogP contribution in [0.25, 0.3) is 0 Å². The number of esters is 1. The number of ether oxygens (including phenoxy) is 5. The Hall–Kier alpha value is -1.58. The molecule has 7 nitrogen and oxygen atoms in total. The second-order valence-corrected chi connectivity index (χ2v) is 5.33. The predicted octanol–water partition coefficient (Wildman–Crippen LogP) is 2.51. The van der Waals surface area contributed by atoms with Gasteiger partial charge in [-0.05, 0) is 24.6 Å². The van der Waals surface area contributed by atoms with Gasteiger partial charge in [0, 0.05) is 0 Å². The molecule has 0 bridgehead atoms. The van der Waals surface area contributed by atoms with Crippen LogP contribution < -0.4 is 4.74 Å². The van der Waals surface area contributed by atoms with E-state index in [1.54, 1.807) is 13.0 Å². The Morgan fingerprint density at radius 3 is 1.89 bits per heavy atom. The molecule has 0 aliphatic carbocycles.